The van der Waals surface area contributed by atoms with Crippen LogP contribution in [-0.2, 0) is 4.74 Å². The van der Waals surface area contributed by atoms with E-state index in [1.165, 1.54) is 19.2 Å². The molecule has 2 aromatic rings. The van der Waals surface area contributed by atoms with Crippen molar-refractivity contribution >= 4 is 46.5 Å². The number of rotatable bonds is 3. The number of nitrogens with two attached hydrogens (primary N) is 1. The number of benzene rings is 1. The number of methoxy groups -OCH3 is 1. The number of esters is 1. The van der Waals surface area contributed by atoms with Gasteiger partial charge in [0.2, 0.25) is 0 Å². The van der Waals surface area contributed by atoms with E-state index in [1.54, 1.807) is 13.8 Å². The van der Waals surface area contributed by atoms with Crippen LogP contribution in [0, 0.1) is 13.8 Å². The van der Waals surface area contributed by atoms with Gasteiger partial charge in [-0.05, 0) is 31.5 Å². The average Bonchev–Trinajstić information content (AvgIpc) is 2.79. The van der Waals surface area contributed by atoms with Gasteiger partial charge in [0, 0.05) is 11.4 Å². The lowest BCUT2D eigenvalue weighted by Crippen LogP contribution is -2.14. The predicted octanol–water partition coefficient (Wildman–Crippen LogP) is 3.56. The number of amides is 1. The summed E-state index contributed by atoms with van der Waals surface area (Å²) in [7, 11) is 1.28. The minimum atomic E-state index is -0.506. The summed E-state index contributed by atoms with van der Waals surface area (Å²) in [4.78, 5) is 27.0. The molecule has 0 atom stereocenters. The number of H-pyrrole nitrogens is 1. The molecular formula is C15H15Cl2N3O3. The van der Waals surface area contributed by atoms with Crippen LogP contribution in [-0.4, -0.2) is 24.0 Å². The summed E-state index contributed by atoms with van der Waals surface area (Å²) in [5, 5.41) is 3.14. The number of aromatic amines is 1. The zero-order valence-electron chi connectivity index (χ0n) is 12.7. The first-order valence-corrected chi connectivity index (χ1v) is 7.35. The maximum Gasteiger partial charge on any atom is 0.339 e. The van der Waals surface area contributed by atoms with Crippen molar-refractivity contribution in [3.8, 4) is 0 Å². The van der Waals surface area contributed by atoms with E-state index in [0.29, 0.717) is 22.5 Å². The number of hydrogen-bond acceptors (Lipinski definition) is 4. The van der Waals surface area contributed by atoms with Crippen molar-refractivity contribution in [2.45, 2.75) is 13.8 Å². The Morgan fingerprint density at radius 3 is 2.30 bits per heavy atom. The summed E-state index contributed by atoms with van der Waals surface area (Å²) in [6, 6.07) is 2.99. The van der Waals surface area contributed by atoms with Crippen molar-refractivity contribution in [3.05, 3.63) is 44.7 Å². The number of carbonyl (C=O) groups excluding carboxylic acids is 2. The van der Waals surface area contributed by atoms with E-state index < -0.39 is 11.9 Å². The first kappa shape index (κ1) is 17.2. The molecule has 0 radical (unpaired) electrons. The number of aryl methyl sites for hydroxylation is 1. The Hall–Kier alpha value is -2.18. The molecule has 0 bridgehead atoms. The molecule has 0 unspecified atom stereocenters. The number of aromatic nitrogens is 1. The molecule has 1 aromatic heterocycles. The third-order valence-electron chi connectivity index (χ3n) is 3.39. The molecular weight excluding hydrogens is 341 g/mol. The fourth-order valence-corrected chi connectivity index (χ4v) is 2.72. The number of carbonyl (C=O) groups is 2. The quantitative estimate of drug-likeness (QED) is 0.579. The molecule has 0 spiro atoms. The highest BCUT2D eigenvalue weighted by Crippen LogP contribution is 2.31. The van der Waals surface area contributed by atoms with Crippen molar-refractivity contribution in [1.29, 1.82) is 0 Å². The number of hydrogen-bond donors (Lipinski definition) is 3. The van der Waals surface area contributed by atoms with Gasteiger partial charge in [-0.3, -0.25) is 4.79 Å². The molecule has 1 heterocycles. The first-order chi connectivity index (χ1) is 10.8. The van der Waals surface area contributed by atoms with Crippen LogP contribution in [0.15, 0.2) is 12.1 Å². The van der Waals surface area contributed by atoms with E-state index in [9.17, 15) is 9.59 Å². The average molecular weight is 356 g/mol. The van der Waals surface area contributed by atoms with E-state index in [-0.39, 0.29) is 21.4 Å². The maximum atomic E-state index is 12.4. The standard InChI is InChI=1S/C15H15Cl2N3O3/c1-6-11(15(22)23-3)7(2)19-13(6)14(21)20-8-4-9(16)12(18)10(17)5-8/h4-5,19H,18H2,1-3H3,(H,20,21). The second kappa shape index (κ2) is 6.52. The molecule has 1 aromatic carbocycles. The first-order valence-electron chi connectivity index (χ1n) is 6.59. The number of ether oxygens (including phenoxy) is 1. The van der Waals surface area contributed by atoms with Gasteiger partial charge in [0.15, 0.2) is 0 Å². The summed E-state index contributed by atoms with van der Waals surface area (Å²) in [5.74, 6) is -0.938. The lowest BCUT2D eigenvalue weighted by Gasteiger charge is -2.08. The van der Waals surface area contributed by atoms with Gasteiger partial charge in [-0.1, -0.05) is 23.2 Å². The molecule has 0 saturated carbocycles. The van der Waals surface area contributed by atoms with Gasteiger partial charge in [0.25, 0.3) is 5.91 Å². The summed E-state index contributed by atoms with van der Waals surface area (Å²) in [5.41, 5.74) is 7.93. The Balaban J connectivity index is 2.34. The maximum absolute atomic E-state index is 12.4. The lowest BCUT2D eigenvalue weighted by molar-refractivity contribution is 0.0599. The van der Waals surface area contributed by atoms with Crippen LogP contribution >= 0.6 is 23.2 Å². The summed E-state index contributed by atoms with van der Waals surface area (Å²) in [6.45, 7) is 3.35. The van der Waals surface area contributed by atoms with Gasteiger partial charge >= 0.3 is 5.97 Å². The Morgan fingerprint density at radius 2 is 1.78 bits per heavy atom. The van der Waals surface area contributed by atoms with Gasteiger partial charge in [-0.25, -0.2) is 4.79 Å². The lowest BCUT2D eigenvalue weighted by atomic mass is 10.1. The van der Waals surface area contributed by atoms with Crippen LogP contribution in [0.2, 0.25) is 10.0 Å². The summed E-state index contributed by atoms with van der Waals surface area (Å²) >= 11 is 11.9. The molecule has 0 aliphatic carbocycles. The van der Waals surface area contributed by atoms with E-state index >= 15 is 0 Å². The van der Waals surface area contributed by atoms with E-state index in [2.05, 4.69) is 10.3 Å². The SMILES string of the molecule is COC(=O)c1c(C)[nH]c(C(=O)Nc2cc(Cl)c(N)c(Cl)c2)c1C. The minimum Gasteiger partial charge on any atom is -0.465 e. The molecule has 0 fully saturated rings. The summed E-state index contributed by atoms with van der Waals surface area (Å²) in [6.07, 6.45) is 0. The number of anilines is 2. The van der Waals surface area contributed by atoms with Gasteiger partial charge < -0.3 is 20.8 Å². The number of halogens is 2. The van der Waals surface area contributed by atoms with Crippen LogP contribution in [0.1, 0.15) is 32.1 Å². The zero-order chi connectivity index (χ0) is 17.3. The van der Waals surface area contributed by atoms with Gasteiger partial charge in [0.05, 0.1) is 28.4 Å². The molecule has 0 saturated heterocycles. The van der Waals surface area contributed by atoms with E-state index in [0.717, 1.165) is 0 Å². The highest BCUT2D eigenvalue weighted by molar-refractivity contribution is 6.39. The van der Waals surface area contributed by atoms with Crippen LogP contribution < -0.4 is 11.1 Å². The third kappa shape index (κ3) is 3.28. The smallest absolute Gasteiger partial charge is 0.339 e. The molecule has 8 heteroatoms. The van der Waals surface area contributed by atoms with Crippen LogP contribution in [0.4, 0.5) is 11.4 Å². The fraction of sp³-hybridized carbons (Fsp3) is 0.200. The van der Waals surface area contributed by atoms with Crippen LogP contribution in [0.5, 0.6) is 0 Å². The third-order valence-corrected chi connectivity index (χ3v) is 4.02. The molecule has 1 amide bonds. The molecule has 6 nitrogen and oxygen atoms in total. The molecule has 2 rings (SSSR count). The largest absolute Gasteiger partial charge is 0.465 e. The Bertz CT molecular complexity index is 777. The van der Waals surface area contributed by atoms with Gasteiger partial charge in [-0.2, -0.15) is 0 Å². The van der Waals surface area contributed by atoms with Gasteiger partial charge in [0.1, 0.15) is 5.69 Å². The van der Waals surface area contributed by atoms with E-state index in [4.69, 9.17) is 33.7 Å². The molecule has 0 aliphatic heterocycles. The predicted molar refractivity (Wildman–Crippen MR) is 90.4 cm³/mol. The minimum absolute atomic E-state index is 0.238. The van der Waals surface area contributed by atoms with Gasteiger partial charge in [-0.15, -0.1) is 0 Å². The van der Waals surface area contributed by atoms with Crippen molar-refractivity contribution in [1.82, 2.24) is 4.98 Å². The Kier molecular flexibility index (Phi) is 4.87. The van der Waals surface area contributed by atoms with Crippen LogP contribution in [0.3, 0.4) is 0 Å². The normalized spacial score (nSPS) is 10.5. The second-order valence-electron chi connectivity index (χ2n) is 4.92. The van der Waals surface area contributed by atoms with Crippen molar-refractivity contribution < 1.29 is 14.3 Å². The zero-order valence-corrected chi connectivity index (χ0v) is 14.2. The van der Waals surface area contributed by atoms with Crippen molar-refractivity contribution in [2.24, 2.45) is 0 Å². The monoisotopic (exact) mass is 355 g/mol. The highest BCUT2D eigenvalue weighted by atomic mass is 35.5. The molecule has 122 valence electrons. The Morgan fingerprint density at radius 1 is 1.22 bits per heavy atom. The van der Waals surface area contributed by atoms with Crippen molar-refractivity contribution in [3.63, 3.8) is 0 Å². The topological polar surface area (TPSA) is 97.2 Å². The highest BCUT2D eigenvalue weighted by Gasteiger charge is 2.22. The number of nitrogens with one attached hydrogen (secondary N) is 2. The summed E-state index contributed by atoms with van der Waals surface area (Å²) < 4.78 is 4.71. The van der Waals surface area contributed by atoms with Crippen molar-refractivity contribution in [2.75, 3.05) is 18.2 Å². The van der Waals surface area contributed by atoms with Crippen LogP contribution in [0.25, 0.3) is 0 Å². The molecule has 23 heavy (non-hydrogen) atoms. The number of nitrogen functional groups attached to an aromatic ring is 1. The fourth-order valence-electron chi connectivity index (χ4n) is 2.24. The van der Waals surface area contributed by atoms with E-state index in [1.807, 2.05) is 0 Å². The molecule has 4 N–H and O–H groups in total. The Labute approximate surface area is 142 Å². The second-order valence-corrected chi connectivity index (χ2v) is 5.74. The molecule has 0 aliphatic rings.